The third kappa shape index (κ3) is 4.79. The van der Waals surface area contributed by atoms with E-state index in [1.165, 1.54) is 0 Å². The smallest absolute Gasteiger partial charge is 0.132 e. The first-order chi connectivity index (χ1) is 2.77. The summed E-state index contributed by atoms with van der Waals surface area (Å²) >= 11 is 0. The highest BCUT2D eigenvalue weighted by molar-refractivity contribution is 7.87. The summed E-state index contributed by atoms with van der Waals surface area (Å²) in [5.41, 5.74) is 0. The maximum atomic E-state index is 10.1. The van der Waals surface area contributed by atoms with Gasteiger partial charge in [0.05, 0.1) is 0 Å². The van der Waals surface area contributed by atoms with Crippen LogP contribution in [0.3, 0.4) is 0 Å². The molecule has 0 bridgehead atoms. The minimum Gasteiger partial charge on any atom is -0.277 e. The molecule has 0 spiro atoms. The van der Waals surface area contributed by atoms with Gasteiger partial charge < -0.3 is 0 Å². The minimum absolute atomic E-state index is 0.801. The van der Waals surface area contributed by atoms with Gasteiger partial charge in [0.15, 0.2) is 0 Å². The van der Waals surface area contributed by atoms with E-state index in [0.717, 1.165) is 8.02 Å². The summed E-state index contributed by atoms with van der Waals surface area (Å²) in [7, 11) is 2.07. The molecule has 0 saturated carbocycles. The SMILES string of the molecule is CP(=O)=PNP. The van der Waals surface area contributed by atoms with Crippen LogP contribution < -0.4 is 4.86 Å². The molecule has 0 heterocycles. The van der Waals surface area contributed by atoms with Gasteiger partial charge in [0.2, 0.25) is 0 Å². The van der Waals surface area contributed by atoms with Crippen LogP contribution in [0.15, 0.2) is 0 Å². The van der Waals surface area contributed by atoms with Crippen molar-refractivity contribution in [2.75, 3.05) is 6.66 Å². The molecule has 5 heteroatoms. The second-order valence-corrected chi connectivity index (χ2v) is 5.14. The van der Waals surface area contributed by atoms with Gasteiger partial charge in [-0.1, -0.05) is 9.39 Å². The van der Waals surface area contributed by atoms with E-state index in [4.69, 9.17) is 0 Å². The Morgan fingerprint density at radius 2 is 2.50 bits per heavy atom. The fourth-order valence-electron chi connectivity index (χ4n) is 0.0813. The monoisotopic (exact) mass is 141 g/mol. The molecular formula is CH6NOP3. The molecule has 6 heavy (non-hydrogen) atoms. The average Bonchev–Trinajstić information content (AvgIpc) is 1.35. The summed E-state index contributed by atoms with van der Waals surface area (Å²) in [6, 6.07) is 0. The summed E-state index contributed by atoms with van der Waals surface area (Å²) in [5.74, 6) is 0. The zero-order chi connectivity index (χ0) is 4.99. The van der Waals surface area contributed by atoms with Crippen LogP contribution in [0.25, 0.3) is 0 Å². The molecule has 0 rings (SSSR count). The molecule has 0 aliphatic rings. The van der Waals surface area contributed by atoms with Crippen LogP contribution in [-0.2, 0) is 4.57 Å². The van der Waals surface area contributed by atoms with E-state index in [1.807, 2.05) is 0 Å². The van der Waals surface area contributed by atoms with Gasteiger partial charge in [0, 0.05) is 14.7 Å². The van der Waals surface area contributed by atoms with E-state index in [1.54, 1.807) is 6.66 Å². The molecule has 2 nitrogen and oxygen atoms in total. The van der Waals surface area contributed by atoms with Crippen molar-refractivity contribution in [3.63, 3.8) is 0 Å². The highest BCUT2D eigenvalue weighted by atomic mass is 31.8. The standard InChI is InChI=1S/CH6NOP3/c1-6(3)5-2-4/h2H,4H2,1H3. The summed E-state index contributed by atoms with van der Waals surface area (Å²) < 4.78 is 10.1. The first kappa shape index (κ1) is 6.79. The largest absolute Gasteiger partial charge is 0.277 e. The van der Waals surface area contributed by atoms with Crippen LogP contribution in [0.4, 0.5) is 0 Å². The Bertz CT molecular complexity index is 93.0. The van der Waals surface area contributed by atoms with Crippen LogP contribution in [0, 0.1) is 0 Å². The fourth-order valence-corrected chi connectivity index (χ4v) is 2.20. The van der Waals surface area contributed by atoms with Gasteiger partial charge in [-0.3, -0.25) is 4.57 Å². The van der Waals surface area contributed by atoms with Crippen LogP contribution in [0.2, 0.25) is 0 Å². The summed E-state index contributed by atoms with van der Waals surface area (Å²) in [4.78, 5) is 2.67. The van der Waals surface area contributed by atoms with Crippen LogP contribution in [0.5, 0.6) is 0 Å². The third-order valence-corrected chi connectivity index (χ3v) is 2.83. The maximum Gasteiger partial charge on any atom is 0.132 e. The van der Waals surface area contributed by atoms with Crippen molar-refractivity contribution in [3.8, 4) is 0 Å². The Balaban J connectivity index is 3.43. The second kappa shape index (κ2) is 3.96. The molecule has 0 aliphatic carbocycles. The van der Waals surface area contributed by atoms with Crippen molar-refractivity contribution in [2.45, 2.75) is 0 Å². The van der Waals surface area contributed by atoms with E-state index in [-0.39, 0.29) is 0 Å². The molecule has 0 fully saturated rings. The van der Waals surface area contributed by atoms with E-state index in [2.05, 4.69) is 14.2 Å². The van der Waals surface area contributed by atoms with Crippen molar-refractivity contribution in [2.24, 2.45) is 0 Å². The molecule has 0 amide bonds. The topological polar surface area (TPSA) is 29.1 Å². The molecule has 0 aliphatic heterocycles. The Hall–Kier alpha value is 0.790. The van der Waals surface area contributed by atoms with Crippen molar-refractivity contribution >= 4 is 24.5 Å². The number of rotatable bonds is 1. The van der Waals surface area contributed by atoms with Crippen molar-refractivity contribution in [3.05, 3.63) is 0 Å². The van der Waals surface area contributed by atoms with E-state index < -0.39 is 7.09 Å². The van der Waals surface area contributed by atoms with Gasteiger partial charge in [0.25, 0.3) is 0 Å². The normalized spacial score (nSPS) is 12.0. The van der Waals surface area contributed by atoms with Gasteiger partial charge in [-0.2, -0.15) is 0 Å². The predicted molar refractivity (Wildman–Crippen MR) is 33.3 cm³/mol. The van der Waals surface area contributed by atoms with Crippen molar-refractivity contribution < 1.29 is 4.57 Å². The predicted octanol–water partition coefficient (Wildman–Crippen LogP) is 1.60. The maximum absolute atomic E-state index is 10.1. The third-order valence-electron chi connectivity index (χ3n) is 0.199. The van der Waals surface area contributed by atoms with Crippen molar-refractivity contribution in [1.29, 1.82) is 0 Å². The van der Waals surface area contributed by atoms with Crippen LogP contribution in [-0.4, -0.2) is 6.66 Å². The average molecular weight is 141 g/mol. The Labute approximate surface area is 41.4 Å². The lowest BCUT2D eigenvalue weighted by Crippen LogP contribution is -1.59. The number of hydrogen-bond donors (Lipinski definition) is 1. The molecular weight excluding hydrogens is 135 g/mol. The Kier molecular flexibility index (Phi) is 4.48. The second-order valence-electron chi connectivity index (χ2n) is 0.693. The van der Waals surface area contributed by atoms with E-state index >= 15 is 0 Å². The number of nitrogens with one attached hydrogen (secondary N) is 1. The summed E-state index contributed by atoms with van der Waals surface area (Å²) in [5, 5.41) is 0. The first-order valence-electron chi connectivity index (χ1n) is 1.34. The van der Waals surface area contributed by atoms with Gasteiger partial charge >= 0.3 is 0 Å². The van der Waals surface area contributed by atoms with Gasteiger partial charge in [-0.15, -0.1) is 0 Å². The highest BCUT2D eigenvalue weighted by Crippen LogP contribution is 2.14. The Morgan fingerprint density at radius 1 is 2.00 bits per heavy atom. The van der Waals surface area contributed by atoms with Crippen molar-refractivity contribution in [1.82, 2.24) is 4.86 Å². The molecule has 0 radical (unpaired) electrons. The lowest BCUT2D eigenvalue weighted by molar-refractivity contribution is 0.600. The van der Waals surface area contributed by atoms with Crippen LogP contribution in [0.1, 0.15) is 0 Å². The first-order valence-corrected chi connectivity index (χ1v) is 5.23. The number of hydrogen-bond acceptors (Lipinski definition) is 1. The Morgan fingerprint density at radius 3 is 2.50 bits per heavy atom. The summed E-state index contributed by atoms with van der Waals surface area (Å²) in [6.07, 6.45) is 0. The molecule has 1 N–H and O–H groups in total. The molecule has 36 valence electrons. The zero-order valence-electron chi connectivity index (χ0n) is 3.38. The minimum atomic E-state index is -1.01. The quantitative estimate of drug-likeness (QED) is 0.562. The molecule has 0 saturated heterocycles. The van der Waals surface area contributed by atoms with Crippen LogP contribution >= 0.6 is 24.5 Å². The molecule has 2 unspecified atom stereocenters. The fraction of sp³-hybridized carbons (Fsp3) is 1.00. The molecule has 0 aromatic heterocycles. The zero-order valence-corrected chi connectivity index (χ0v) is 6.32. The molecule has 0 aromatic rings. The van der Waals surface area contributed by atoms with Gasteiger partial charge in [-0.05, 0) is 0 Å². The van der Waals surface area contributed by atoms with Gasteiger partial charge in [0.1, 0.15) is 7.09 Å². The summed E-state index contributed by atoms with van der Waals surface area (Å²) in [6.45, 7) is 1.67. The lowest BCUT2D eigenvalue weighted by Gasteiger charge is -1.70. The molecule has 0 aromatic carbocycles. The molecule has 2 atom stereocenters. The van der Waals surface area contributed by atoms with E-state index in [9.17, 15) is 4.57 Å². The van der Waals surface area contributed by atoms with E-state index in [0.29, 0.717) is 0 Å². The van der Waals surface area contributed by atoms with Gasteiger partial charge in [-0.25, -0.2) is 4.86 Å². The highest BCUT2D eigenvalue weighted by Gasteiger charge is 1.63. The lowest BCUT2D eigenvalue weighted by atomic mass is 12.0.